The third-order valence-electron chi connectivity index (χ3n) is 4.84. The summed E-state index contributed by atoms with van der Waals surface area (Å²) in [6.45, 7) is 13.7. The van der Waals surface area contributed by atoms with E-state index in [0.717, 1.165) is 25.7 Å². The second-order valence-electron chi connectivity index (χ2n) is 7.87. The first-order chi connectivity index (χ1) is 9.12. The normalized spacial score (nSPS) is 22.6. The molecular weight excluding hydrogens is 264 g/mol. The molecule has 0 saturated carbocycles. The van der Waals surface area contributed by atoms with Gasteiger partial charge in [-0.05, 0) is 63.6 Å². The molecule has 0 radical (unpaired) electrons. The molecule has 0 aliphatic heterocycles. The molecule has 0 heterocycles. The Labute approximate surface area is 126 Å². The second-order valence-corrected chi connectivity index (χ2v) is 12.6. The van der Waals surface area contributed by atoms with E-state index in [1.165, 1.54) is 18.4 Å². The van der Waals surface area contributed by atoms with Crippen LogP contribution in [0.1, 0.15) is 66.2 Å². The lowest BCUT2D eigenvalue weighted by atomic mass is 9.93. The van der Waals surface area contributed by atoms with Gasteiger partial charge in [0.05, 0.1) is 6.10 Å². The van der Waals surface area contributed by atoms with E-state index in [9.17, 15) is 5.11 Å². The molecule has 118 valence electrons. The standard InChI is InChI=1S/C17H34O2Si/c1-14(19-20(5,6)17(2,3)4)9-7-10-15-11-8-12-16(18)13-15/h13-14,16,18H,7-12H2,1-6H3/t14-,16+/m0/s1. The Morgan fingerprint density at radius 2 is 2.05 bits per heavy atom. The third-order valence-corrected chi connectivity index (χ3v) is 9.44. The van der Waals surface area contributed by atoms with Crippen molar-refractivity contribution in [3.05, 3.63) is 11.6 Å². The molecule has 0 saturated heterocycles. The summed E-state index contributed by atoms with van der Waals surface area (Å²) in [6.07, 6.45) is 8.91. The minimum absolute atomic E-state index is 0.195. The molecule has 2 atom stereocenters. The van der Waals surface area contributed by atoms with Crippen LogP contribution < -0.4 is 0 Å². The molecule has 1 rings (SSSR count). The summed E-state index contributed by atoms with van der Waals surface area (Å²) in [6, 6.07) is 0. The molecule has 0 fully saturated rings. The van der Waals surface area contributed by atoms with Gasteiger partial charge in [-0.2, -0.15) is 0 Å². The highest BCUT2D eigenvalue weighted by atomic mass is 28.4. The van der Waals surface area contributed by atoms with Crippen molar-refractivity contribution in [2.24, 2.45) is 0 Å². The van der Waals surface area contributed by atoms with Crippen molar-refractivity contribution in [3.63, 3.8) is 0 Å². The maximum atomic E-state index is 9.63. The largest absolute Gasteiger partial charge is 0.414 e. The predicted octanol–water partition coefficient (Wildman–Crippen LogP) is 5.04. The number of rotatable bonds is 6. The molecule has 0 spiro atoms. The number of hydrogen-bond acceptors (Lipinski definition) is 2. The molecule has 0 bridgehead atoms. The third kappa shape index (κ3) is 5.70. The fraction of sp³-hybridized carbons (Fsp3) is 0.882. The van der Waals surface area contributed by atoms with E-state index in [2.05, 4.69) is 46.9 Å². The number of aliphatic hydroxyl groups is 1. The van der Waals surface area contributed by atoms with Gasteiger partial charge in [-0.15, -0.1) is 0 Å². The molecule has 1 N–H and O–H groups in total. The molecule has 2 nitrogen and oxygen atoms in total. The first kappa shape index (κ1) is 17.9. The number of aliphatic hydroxyl groups excluding tert-OH is 1. The van der Waals surface area contributed by atoms with E-state index in [-0.39, 0.29) is 11.1 Å². The number of hydrogen-bond donors (Lipinski definition) is 1. The van der Waals surface area contributed by atoms with Crippen LogP contribution in [0.4, 0.5) is 0 Å². The quantitative estimate of drug-likeness (QED) is 0.550. The Morgan fingerprint density at radius 3 is 2.60 bits per heavy atom. The van der Waals surface area contributed by atoms with Crippen molar-refractivity contribution >= 4 is 8.32 Å². The Balaban J connectivity index is 2.32. The van der Waals surface area contributed by atoms with Crippen molar-refractivity contribution in [1.29, 1.82) is 0 Å². The van der Waals surface area contributed by atoms with Crippen LogP contribution in [-0.4, -0.2) is 25.6 Å². The van der Waals surface area contributed by atoms with Crippen LogP contribution in [0.3, 0.4) is 0 Å². The Kier molecular flexibility index (Phi) is 6.48. The van der Waals surface area contributed by atoms with Crippen molar-refractivity contribution in [2.45, 2.75) is 96.6 Å². The zero-order valence-corrected chi connectivity index (χ0v) is 15.3. The molecule has 0 aromatic heterocycles. The van der Waals surface area contributed by atoms with Crippen LogP contribution in [-0.2, 0) is 4.43 Å². The highest BCUT2D eigenvalue weighted by molar-refractivity contribution is 6.74. The van der Waals surface area contributed by atoms with Crippen molar-refractivity contribution in [3.8, 4) is 0 Å². The zero-order chi connectivity index (χ0) is 15.4. The zero-order valence-electron chi connectivity index (χ0n) is 14.3. The Bertz CT molecular complexity index is 328. The second kappa shape index (κ2) is 7.23. The first-order valence-corrected chi connectivity index (χ1v) is 11.1. The Hall–Kier alpha value is -0.123. The smallest absolute Gasteiger partial charge is 0.192 e. The predicted molar refractivity (Wildman–Crippen MR) is 89.5 cm³/mol. The maximum Gasteiger partial charge on any atom is 0.192 e. The van der Waals surface area contributed by atoms with Gasteiger partial charge in [0.2, 0.25) is 0 Å². The average Bonchev–Trinajstić information content (AvgIpc) is 2.26. The molecule has 0 unspecified atom stereocenters. The lowest BCUT2D eigenvalue weighted by Gasteiger charge is -2.38. The van der Waals surface area contributed by atoms with Crippen molar-refractivity contribution in [2.75, 3.05) is 0 Å². The lowest BCUT2D eigenvalue weighted by Crippen LogP contribution is -2.43. The summed E-state index contributed by atoms with van der Waals surface area (Å²) in [5.74, 6) is 0. The van der Waals surface area contributed by atoms with Gasteiger partial charge in [-0.25, -0.2) is 0 Å². The summed E-state index contributed by atoms with van der Waals surface area (Å²) >= 11 is 0. The molecule has 0 amide bonds. The van der Waals surface area contributed by atoms with Gasteiger partial charge in [0.15, 0.2) is 8.32 Å². The van der Waals surface area contributed by atoms with Gasteiger partial charge in [0, 0.05) is 6.10 Å². The van der Waals surface area contributed by atoms with Gasteiger partial charge in [0.1, 0.15) is 0 Å². The van der Waals surface area contributed by atoms with E-state index in [1.807, 2.05) is 0 Å². The van der Waals surface area contributed by atoms with Crippen molar-refractivity contribution in [1.82, 2.24) is 0 Å². The SMILES string of the molecule is C[C@@H](CCCC1=C[C@H](O)CCC1)O[Si](C)(C)C(C)(C)C. The van der Waals surface area contributed by atoms with Gasteiger partial charge < -0.3 is 9.53 Å². The van der Waals surface area contributed by atoms with Gasteiger partial charge in [0.25, 0.3) is 0 Å². The molecule has 0 aromatic rings. The van der Waals surface area contributed by atoms with E-state index >= 15 is 0 Å². The van der Waals surface area contributed by atoms with Crippen LogP contribution >= 0.6 is 0 Å². The van der Waals surface area contributed by atoms with E-state index in [4.69, 9.17) is 4.43 Å². The van der Waals surface area contributed by atoms with Crippen LogP contribution in [0.15, 0.2) is 11.6 Å². The van der Waals surface area contributed by atoms with Crippen LogP contribution in [0, 0.1) is 0 Å². The van der Waals surface area contributed by atoms with Crippen LogP contribution in [0.25, 0.3) is 0 Å². The van der Waals surface area contributed by atoms with E-state index in [1.54, 1.807) is 0 Å². The topological polar surface area (TPSA) is 29.5 Å². The lowest BCUT2D eigenvalue weighted by molar-refractivity contribution is 0.185. The molecule has 3 heteroatoms. The summed E-state index contributed by atoms with van der Waals surface area (Å²) in [5, 5.41) is 9.92. The minimum Gasteiger partial charge on any atom is -0.414 e. The van der Waals surface area contributed by atoms with Gasteiger partial charge in [-0.1, -0.05) is 32.4 Å². The average molecular weight is 299 g/mol. The van der Waals surface area contributed by atoms with Crippen molar-refractivity contribution < 1.29 is 9.53 Å². The minimum atomic E-state index is -1.62. The summed E-state index contributed by atoms with van der Waals surface area (Å²) in [5.41, 5.74) is 1.45. The summed E-state index contributed by atoms with van der Waals surface area (Å²) < 4.78 is 6.38. The highest BCUT2D eigenvalue weighted by Crippen LogP contribution is 2.37. The van der Waals surface area contributed by atoms with E-state index < -0.39 is 8.32 Å². The number of allylic oxidation sites excluding steroid dienone is 1. The van der Waals surface area contributed by atoms with Gasteiger partial charge >= 0.3 is 0 Å². The molecule has 20 heavy (non-hydrogen) atoms. The summed E-state index contributed by atoms with van der Waals surface area (Å²) in [4.78, 5) is 0. The monoisotopic (exact) mass is 298 g/mol. The first-order valence-electron chi connectivity index (χ1n) is 8.17. The molecule has 1 aliphatic carbocycles. The molecular formula is C17H34O2Si. The fourth-order valence-electron chi connectivity index (χ4n) is 2.54. The van der Waals surface area contributed by atoms with Crippen LogP contribution in [0.2, 0.25) is 18.1 Å². The van der Waals surface area contributed by atoms with E-state index in [0.29, 0.717) is 6.10 Å². The maximum absolute atomic E-state index is 9.63. The molecule has 1 aliphatic rings. The Morgan fingerprint density at radius 1 is 1.40 bits per heavy atom. The highest BCUT2D eigenvalue weighted by Gasteiger charge is 2.38. The van der Waals surface area contributed by atoms with Gasteiger partial charge in [-0.3, -0.25) is 0 Å². The fourth-order valence-corrected chi connectivity index (χ4v) is 4.02. The summed E-state index contributed by atoms with van der Waals surface area (Å²) in [7, 11) is -1.62. The molecule has 0 aromatic carbocycles. The van der Waals surface area contributed by atoms with Crippen LogP contribution in [0.5, 0.6) is 0 Å².